The van der Waals surface area contributed by atoms with E-state index in [1.54, 1.807) is 4.90 Å². The SMILES string of the molecule is CC(=O)NC1CN(C(=O)NC[C@@H](c2ccc(C)cc2)N2CCCC2)C1. The molecule has 3 amide bonds. The quantitative estimate of drug-likeness (QED) is 0.854. The van der Waals surface area contributed by atoms with Gasteiger partial charge >= 0.3 is 6.03 Å². The van der Waals surface area contributed by atoms with Crippen LogP contribution in [0.2, 0.25) is 0 Å². The first-order valence-electron chi connectivity index (χ1n) is 9.13. The molecule has 2 fully saturated rings. The minimum Gasteiger partial charge on any atom is -0.350 e. The third-order valence-corrected chi connectivity index (χ3v) is 5.07. The van der Waals surface area contributed by atoms with Gasteiger partial charge in [-0.2, -0.15) is 0 Å². The molecule has 0 spiro atoms. The number of amides is 3. The van der Waals surface area contributed by atoms with Crippen LogP contribution in [0.5, 0.6) is 0 Å². The van der Waals surface area contributed by atoms with Crippen LogP contribution in [0.4, 0.5) is 4.79 Å². The van der Waals surface area contributed by atoms with Crippen LogP contribution < -0.4 is 10.6 Å². The molecule has 0 bridgehead atoms. The van der Waals surface area contributed by atoms with E-state index in [4.69, 9.17) is 0 Å². The molecule has 2 aliphatic heterocycles. The summed E-state index contributed by atoms with van der Waals surface area (Å²) < 4.78 is 0. The number of carbonyl (C=O) groups is 2. The summed E-state index contributed by atoms with van der Waals surface area (Å²) in [5.41, 5.74) is 2.50. The molecule has 25 heavy (non-hydrogen) atoms. The standard InChI is InChI=1S/C19H28N4O2/c1-14-5-7-16(8-6-14)18(22-9-3-4-10-22)11-20-19(25)23-12-17(13-23)21-15(2)24/h5-8,17-18H,3-4,9-13H2,1-2H3,(H,20,25)(H,21,24)/t18-/m0/s1. The Bertz CT molecular complexity index is 604. The first-order valence-corrected chi connectivity index (χ1v) is 9.13. The van der Waals surface area contributed by atoms with Crippen molar-refractivity contribution in [2.24, 2.45) is 0 Å². The Labute approximate surface area is 149 Å². The van der Waals surface area contributed by atoms with Gasteiger partial charge in [0, 0.05) is 26.6 Å². The van der Waals surface area contributed by atoms with Crippen molar-refractivity contribution in [3.8, 4) is 0 Å². The van der Waals surface area contributed by atoms with Crippen molar-refractivity contribution < 1.29 is 9.59 Å². The summed E-state index contributed by atoms with van der Waals surface area (Å²) in [6.07, 6.45) is 2.45. The van der Waals surface area contributed by atoms with Crippen molar-refractivity contribution in [3.63, 3.8) is 0 Å². The molecule has 0 saturated carbocycles. The van der Waals surface area contributed by atoms with Gasteiger partial charge in [0.2, 0.25) is 5.91 Å². The monoisotopic (exact) mass is 344 g/mol. The van der Waals surface area contributed by atoms with E-state index in [1.807, 2.05) is 0 Å². The Hall–Kier alpha value is -2.08. The van der Waals surface area contributed by atoms with E-state index in [0.717, 1.165) is 13.1 Å². The smallest absolute Gasteiger partial charge is 0.317 e. The number of hydrogen-bond donors (Lipinski definition) is 2. The van der Waals surface area contributed by atoms with Gasteiger partial charge < -0.3 is 15.5 Å². The Kier molecular flexibility index (Phi) is 5.58. The second kappa shape index (κ2) is 7.87. The van der Waals surface area contributed by atoms with Crippen LogP contribution in [0.25, 0.3) is 0 Å². The number of aryl methyl sites for hydroxylation is 1. The number of likely N-dealkylation sites (tertiary alicyclic amines) is 2. The van der Waals surface area contributed by atoms with Crippen LogP contribution in [0, 0.1) is 6.92 Å². The zero-order chi connectivity index (χ0) is 17.8. The Morgan fingerprint density at radius 1 is 1.16 bits per heavy atom. The molecule has 1 aromatic carbocycles. The number of hydrogen-bond acceptors (Lipinski definition) is 3. The lowest BCUT2D eigenvalue weighted by Gasteiger charge is -2.39. The highest BCUT2D eigenvalue weighted by molar-refractivity contribution is 5.77. The third-order valence-electron chi connectivity index (χ3n) is 5.07. The fourth-order valence-corrected chi connectivity index (χ4v) is 3.62. The van der Waals surface area contributed by atoms with E-state index in [0.29, 0.717) is 19.6 Å². The second-order valence-corrected chi connectivity index (χ2v) is 7.16. The molecule has 0 aromatic heterocycles. The van der Waals surface area contributed by atoms with Crippen LogP contribution in [0.3, 0.4) is 0 Å². The van der Waals surface area contributed by atoms with E-state index in [2.05, 4.69) is 46.7 Å². The number of nitrogens with one attached hydrogen (secondary N) is 2. The van der Waals surface area contributed by atoms with Gasteiger partial charge in [-0.1, -0.05) is 29.8 Å². The second-order valence-electron chi connectivity index (χ2n) is 7.16. The molecule has 1 aromatic rings. The Balaban J connectivity index is 1.55. The number of urea groups is 1. The third kappa shape index (κ3) is 4.51. The number of rotatable bonds is 5. The molecule has 2 aliphatic rings. The molecular formula is C19H28N4O2. The lowest BCUT2D eigenvalue weighted by atomic mass is 10.0. The highest BCUT2D eigenvalue weighted by atomic mass is 16.2. The molecule has 0 radical (unpaired) electrons. The van der Waals surface area contributed by atoms with E-state index >= 15 is 0 Å². The first-order chi connectivity index (χ1) is 12.0. The summed E-state index contributed by atoms with van der Waals surface area (Å²) in [5, 5.41) is 5.92. The van der Waals surface area contributed by atoms with Gasteiger partial charge in [0.25, 0.3) is 0 Å². The van der Waals surface area contributed by atoms with Crippen LogP contribution in [0.1, 0.15) is 36.9 Å². The molecule has 136 valence electrons. The zero-order valence-electron chi connectivity index (χ0n) is 15.1. The van der Waals surface area contributed by atoms with Crippen LogP contribution >= 0.6 is 0 Å². The maximum Gasteiger partial charge on any atom is 0.317 e. The van der Waals surface area contributed by atoms with Gasteiger partial charge in [-0.25, -0.2) is 4.79 Å². The van der Waals surface area contributed by atoms with Gasteiger partial charge in [0.05, 0.1) is 12.1 Å². The number of nitrogens with zero attached hydrogens (tertiary/aromatic N) is 2. The molecule has 6 nitrogen and oxygen atoms in total. The topological polar surface area (TPSA) is 64.7 Å². The van der Waals surface area contributed by atoms with Gasteiger partial charge in [0.15, 0.2) is 0 Å². The normalized spacial score (nSPS) is 19.4. The Morgan fingerprint density at radius 3 is 2.40 bits per heavy atom. The highest BCUT2D eigenvalue weighted by Crippen LogP contribution is 2.25. The molecule has 0 aliphatic carbocycles. The molecule has 6 heteroatoms. The minimum atomic E-state index is -0.0436. The van der Waals surface area contributed by atoms with Gasteiger partial charge in [-0.3, -0.25) is 9.69 Å². The van der Waals surface area contributed by atoms with Crippen LogP contribution in [-0.2, 0) is 4.79 Å². The average molecular weight is 344 g/mol. The summed E-state index contributed by atoms with van der Waals surface area (Å²) in [4.78, 5) is 27.6. The fourth-order valence-electron chi connectivity index (χ4n) is 3.62. The summed E-state index contributed by atoms with van der Waals surface area (Å²) in [6.45, 7) is 7.56. The highest BCUT2D eigenvalue weighted by Gasteiger charge is 2.32. The van der Waals surface area contributed by atoms with E-state index in [9.17, 15) is 9.59 Å². The molecule has 2 heterocycles. The van der Waals surface area contributed by atoms with Crippen molar-refractivity contribution in [1.82, 2.24) is 20.4 Å². The van der Waals surface area contributed by atoms with Gasteiger partial charge in [-0.05, 0) is 38.4 Å². The predicted molar refractivity (Wildman–Crippen MR) is 97.3 cm³/mol. The average Bonchev–Trinajstić information content (AvgIpc) is 3.06. The maximum absolute atomic E-state index is 12.3. The number of benzene rings is 1. The maximum atomic E-state index is 12.3. The fraction of sp³-hybridized carbons (Fsp3) is 0.579. The van der Waals surface area contributed by atoms with Crippen molar-refractivity contribution in [2.45, 2.75) is 38.8 Å². The molecule has 3 rings (SSSR count). The largest absolute Gasteiger partial charge is 0.350 e. The van der Waals surface area contributed by atoms with Crippen molar-refractivity contribution in [2.75, 3.05) is 32.7 Å². The lowest BCUT2D eigenvalue weighted by molar-refractivity contribution is -0.120. The molecular weight excluding hydrogens is 316 g/mol. The Morgan fingerprint density at radius 2 is 1.80 bits per heavy atom. The molecule has 1 atom stereocenters. The predicted octanol–water partition coefficient (Wildman–Crippen LogP) is 1.66. The van der Waals surface area contributed by atoms with Crippen molar-refractivity contribution in [1.29, 1.82) is 0 Å². The van der Waals surface area contributed by atoms with E-state index in [-0.39, 0.29) is 24.0 Å². The van der Waals surface area contributed by atoms with Crippen LogP contribution in [0.15, 0.2) is 24.3 Å². The van der Waals surface area contributed by atoms with Crippen molar-refractivity contribution in [3.05, 3.63) is 35.4 Å². The van der Waals surface area contributed by atoms with E-state index in [1.165, 1.54) is 30.9 Å². The summed E-state index contributed by atoms with van der Waals surface area (Å²) in [5.74, 6) is -0.0430. The van der Waals surface area contributed by atoms with Gasteiger partial charge in [0.1, 0.15) is 0 Å². The summed E-state index contributed by atoms with van der Waals surface area (Å²) in [7, 11) is 0. The molecule has 2 saturated heterocycles. The minimum absolute atomic E-state index is 0.0430. The van der Waals surface area contributed by atoms with Gasteiger partial charge in [-0.15, -0.1) is 0 Å². The summed E-state index contributed by atoms with van der Waals surface area (Å²) >= 11 is 0. The van der Waals surface area contributed by atoms with Crippen molar-refractivity contribution >= 4 is 11.9 Å². The molecule has 0 unspecified atom stereocenters. The lowest BCUT2D eigenvalue weighted by Crippen LogP contribution is -2.63. The molecule has 2 N–H and O–H groups in total. The number of carbonyl (C=O) groups excluding carboxylic acids is 2. The van der Waals surface area contributed by atoms with Crippen LogP contribution in [-0.4, -0.2) is 60.5 Å². The zero-order valence-corrected chi connectivity index (χ0v) is 15.1. The first kappa shape index (κ1) is 17.7. The van der Waals surface area contributed by atoms with E-state index < -0.39 is 0 Å². The summed E-state index contributed by atoms with van der Waals surface area (Å²) in [6, 6.07) is 8.87.